The van der Waals surface area contributed by atoms with Gasteiger partial charge in [0.25, 0.3) is 0 Å². The molecule has 0 aliphatic rings. The van der Waals surface area contributed by atoms with E-state index in [4.69, 9.17) is 0 Å². The first-order valence-electron chi connectivity index (χ1n) is 7.51. The Morgan fingerprint density at radius 3 is 2.67 bits per heavy atom. The molecule has 1 aromatic carbocycles. The normalized spacial score (nSPS) is 11.9. The van der Waals surface area contributed by atoms with Gasteiger partial charge < -0.3 is 5.32 Å². The molecular formula is C17H16N4OS2. The highest BCUT2D eigenvalue weighted by Gasteiger charge is 2.20. The van der Waals surface area contributed by atoms with Crippen LogP contribution in [0, 0.1) is 0 Å². The van der Waals surface area contributed by atoms with Gasteiger partial charge in [0.2, 0.25) is 5.91 Å². The summed E-state index contributed by atoms with van der Waals surface area (Å²) in [5, 5.41) is 5.79. The molecule has 1 amide bonds. The van der Waals surface area contributed by atoms with E-state index in [1.165, 1.54) is 23.1 Å². The van der Waals surface area contributed by atoms with Crippen molar-refractivity contribution in [1.29, 1.82) is 0 Å². The number of hydrogen-bond donors (Lipinski definition) is 1. The van der Waals surface area contributed by atoms with E-state index in [1.807, 2.05) is 42.6 Å². The number of carbonyl (C=O) groups is 1. The van der Waals surface area contributed by atoms with Crippen LogP contribution in [0.25, 0.3) is 11.3 Å². The number of rotatable bonds is 6. The zero-order chi connectivity index (χ0) is 16.8. The van der Waals surface area contributed by atoms with E-state index in [9.17, 15) is 4.79 Å². The molecule has 1 N–H and O–H groups in total. The van der Waals surface area contributed by atoms with Crippen LogP contribution in [-0.2, 0) is 4.79 Å². The fourth-order valence-electron chi connectivity index (χ4n) is 2.05. The van der Waals surface area contributed by atoms with Crippen LogP contribution in [0.3, 0.4) is 0 Å². The van der Waals surface area contributed by atoms with Crippen LogP contribution in [-0.4, -0.2) is 26.1 Å². The van der Waals surface area contributed by atoms with Crippen molar-refractivity contribution in [1.82, 2.24) is 15.0 Å². The average Bonchev–Trinajstić information content (AvgIpc) is 3.09. The largest absolute Gasteiger partial charge is 0.301 e. The van der Waals surface area contributed by atoms with Gasteiger partial charge in [-0.1, -0.05) is 49.0 Å². The summed E-state index contributed by atoms with van der Waals surface area (Å²) < 4.78 is 0. The molecule has 0 saturated heterocycles. The Morgan fingerprint density at radius 2 is 1.96 bits per heavy atom. The zero-order valence-electron chi connectivity index (χ0n) is 13.0. The molecule has 0 aliphatic carbocycles. The number of thiazole rings is 1. The minimum atomic E-state index is -0.253. The molecule has 2 aromatic heterocycles. The molecule has 2 heterocycles. The first-order valence-corrected chi connectivity index (χ1v) is 9.27. The minimum Gasteiger partial charge on any atom is -0.301 e. The summed E-state index contributed by atoms with van der Waals surface area (Å²) in [4.78, 5) is 25.3. The SMILES string of the molecule is CCC(Sc1ncccn1)C(=O)Nc1nc(-c2ccccc2)cs1. The Hall–Kier alpha value is -2.25. The number of nitrogens with one attached hydrogen (secondary N) is 1. The number of benzene rings is 1. The third-order valence-corrected chi connectivity index (χ3v) is 5.27. The summed E-state index contributed by atoms with van der Waals surface area (Å²) in [7, 11) is 0. The second-order valence-corrected chi connectivity index (χ2v) is 6.97. The van der Waals surface area contributed by atoms with Crippen molar-refractivity contribution >= 4 is 34.1 Å². The predicted molar refractivity (Wildman–Crippen MR) is 98.1 cm³/mol. The van der Waals surface area contributed by atoms with Gasteiger partial charge in [-0.3, -0.25) is 4.79 Å². The van der Waals surface area contributed by atoms with Gasteiger partial charge in [0.1, 0.15) is 0 Å². The fraction of sp³-hybridized carbons (Fsp3) is 0.176. The second-order valence-electron chi connectivity index (χ2n) is 4.94. The summed E-state index contributed by atoms with van der Waals surface area (Å²) in [6.07, 6.45) is 4.03. The summed E-state index contributed by atoms with van der Waals surface area (Å²) in [5.74, 6) is -0.0797. The highest BCUT2D eigenvalue weighted by atomic mass is 32.2. The van der Waals surface area contributed by atoms with Gasteiger partial charge in [-0.2, -0.15) is 0 Å². The van der Waals surface area contributed by atoms with E-state index in [0.717, 1.165) is 11.3 Å². The minimum absolute atomic E-state index is 0.0797. The van der Waals surface area contributed by atoms with E-state index in [2.05, 4.69) is 20.3 Å². The van der Waals surface area contributed by atoms with Gasteiger partial charge in [-0.05, 0) is 12.5 Å². The van der Waals surface area contributed by atoms with Crippen molar-refractivity contribution < 1.29 is 4.79 Å². The number of hydrogen-bond acceptors (Lipinski definition) is 6. The van der Waals surface area contributed by atoms with Crippen LogP contribution < -0.4 is 5.32 Å². The molecule has 0 aliphatic heterocycles. The molecule has 1 atom stereocenters. The molecule has 24 heavy (non-hydrogen) atoms. The fourth-order valence-corrected chi connectivity index (χ4v) is 3.61. The smallest absolute Gasteiger partial charge is 0.239 e. The Labute approximate surface area is 148 Å². The maximum atomic E-state index is 12.5. The summed E-state index contributed by atoms with van der Waals surface area (Å²) in [5.41, 5.74) is 1.90. The molecule has 3 aromatic rings. The summed E-state index contributed by atoms with van der Waals surface area (Å²) in [6, 6.07) is 11.7. The van der Waals surface area contributed by atoms with E-state index in [1.54, 1.807) is 18.5 Å². The van der Waals surface area contributed by atoms with E-state index < -0.39 is 0 Å². The first-order chi connectivity index (χ1) is 11.8. The van der Waals surface area contributed by atoms with Crippen LogP contribution in [0.1, 0.15) is 13.3 Å². The molecule has 0 bridgehead atoms. The average molecular weight is 356 g/mol. The predicted octanol–water partition coefficient (Wildman–Crippen LogP) is 4.11. The van der Waals surface area contributed by atoms with Crippen molar-refractivity contribution in [3.8, 4) is 11.3 Å². The van der Waals surface area contributed by atoms with E-state index >= 15 is 0 Å². The van der Waals surface area contributed by atoms with Crippen LogP contribution >= 0.6 is 23.1 Å². The Kier molecular flexibility index (Phi) is 5.55. The van der Waals surface area contributed by atoms with Crippen molar-refractivity contribution in [3.05, 3.63) is 54.2 Å². The van der Waals surface area contributed by atoms with Gasteiger partial charge in [-0.15, -0.1) is 11.3 Å². The first kappa shape index (κ1) is 16.6. The van der Waals surface area contributed by atoms with Gasteiger partial charge in [-0.25, -0.2) is 15.0 Å². The third kappa shape index (κ3) is 4.18. The quantitative estimate of drug-likeness (QED) is 0.532. The summed E-state index contributed by atoms with van der Waals surface area (Å²) in [6.45, 7) is 1.97. The van der Waals surface area contributed by atoms with Crippen molar-refractivity contribution in [2.75, 3.05) is 5.32 Å². The number of thioether (sulfide) groups is 1. The molecule has 0 saturated carbocycles. The lowest BCUT2D eigenvalue weighted by molar-refractivity contribution is -0.115. The highest BCUT2D eigenvalue weighted by molar-refractivity contribution is 8.00. The van der Waals surface area contributed by atoms with Gasteiger partial charge in [0.15, 0.2) is 10.3 Å². The van der Waals surface area contributed by atoms with Crippen molar-refractivity contribution in [3.63, 3.8) is 0 Å². The Balaban J connectivity index is 1.66. The molecule has 1 unspecified atom stereocenters. The molecular weight excluding hydrogens is 340 g/mol. The maximum Gasteiger partial charge on any atom is 0.239 e. The van der Waals surface area contributed by atoms with Crippen LogP contribution in [0.5, 0.6) is 0 Å². The topological polar surface area (TPSA) is 67.8 Å². The van der Waals surface area contributed by atoms with Crippen molar-refractivity contribution in [2.24, 2.45) is 0 Å². The number of nitrogens with zero attached hydrogens (tertiary/aromatic N) is 3. The molecule has 3 rings (SSSR count). The molecule has 5 nitrogen and oxygen atoms in total. The number of anilines is 1. The lowest BCUT2D eigenvalue weighted by Gasteiger charge is -2.12. The lowest BCUT2D eigenvalue weighted by atomic mass is 10.2. The van der Waals surface area contributed by atoms with E-state index in [-0.39, 0.29) is 11.2 Å². The lowest BCUT2D eigenvalue weighted by Crippen LogP contribution is -2.24. The van der Waals surface area contributed by atoms with Gasteiger partial charge in [0.05, 0.1) is 10.9 Å². The zero-order valence-corrected chi connectivity index (χ0v) is 14.7. The summed E-state index contributed by atoms with van der Waals surface area (Å²) >= 11 is 2.79. The molecule has 0 spiro atoms. The van der Waals surface area contributed by atoms with Crippen LogP contribution in [0.2, 0.25) is 0 Å². The Morgan fingerprint density at radius 1 is 1.21 bits per heavy atom. The number of amides is 1. The van der Waals surface area contributed by atoms with Gasteiger partial charge >= 0.3 is 0 Å². The molecule has 122 valence electrons. The monoisotopic (exact) mass is 356 g/mol. The van der Waals surface area contributed by atoms with Crippen LogP contribution in [0.4, 0.5) is 5.13 Å². The van der Waals surface area contributed by atoms with Gasteiger partial charge in [0, 0.05) is 23.3 Å². The number of carbonyl (C=O) groups excluding carboxylic acids is 1. The Bertz CT molecular complexity index is 793. The maximum absolute atomic E-state index is 12.5. The third-order valence-electron chi connectivity index (χ3n) is 3.26. The second kappa shape index (κ2) is 8.03. The van der Waals surface area contributed by atoms with Crippen molar-refractivity contribution in [2.45, 2.75) is 23.8 Å². The highest BCUT2D eigenvalue weighted by Crippen LogP contribution is 2.27. The van der Waals surface area contributed by atoms with Crippen LogP contribution in [0.15, 0.2) is 59.3 Å². The standard InChI is InChI=1S/C17H16N4OS2/c1-2-14(24-16-18-9-6-10-19-16)15(22)21-17-20-13(11-23-17)12-7-4-3-5-8-12/h3-11,14H,2H2,1H3,(H,20,21,22). The van der Waals surface area contributed by atoms with E-state index in [0.29, 0.717) is 16.7 Å². The molecule has 0 fully saturated rings. The number of aromatic nitrogens is 3. The molecule has 7 heteroatoms. The molecule has 0 radical (unpaired) electrons.